The number of para-hydroxylation sites is 1. The van der Waals surface area contributed by atoms with Crippen molar-refractivity contribution in [3.8, 4) is 5.69 Å². The Morgan fingerprint density at radius 2 is 1.96 bits per heavy atom. The van der Waals surface area contributed by atoms with Gasteiger partial charge >= 0.3 is 0 Å². The van der Waals surface area contributed by atoms with E-state index in [1.54, 1.807) is 0 Å². The van der Waals surface area contributed by atoms with Gasteiger partial charge in [0.2, 0.25) is 0 Å². The van der Waals surface area contributed by atoms with Crippen LogP contribution < -0.4 is 0 Å². The molecule has 1 atom stereocenters. The average molecular weight is 337 g/mol. The minimum atomic E-state index is 0.384. The molecule has 25 heavy (non-hydrogen) atoms. The molecule has 1 aromatic carbocycles. The molecule has 2 aromatic heterocycles. The lowest BCUT2D eigenvalue weighted by Gasteiger charge is -2.24. The second kappa shape index (κ2) is 6.40. The van der Waals surface area contributed by atoms with Crippen molar-refractivity contribution in [2.45, 2.75) is 39.3 Å². The smallest absolute Gasteiger partial charge is 0.170 e. The molecule has 7 nitrogen and oxygen atoms in total. The van der Waals surface area contributed by atoms with Crippen LogP contribution in [0.25, 0.3) is 5.69 Å². The van der Waals surface area contributed by atoms with E-state index in [1.165, 1.54) is 17.7 Å². The highest BCUT2D eigenvalue weighted by molar-refractivity contribution is 5.31. The van der Waals surface area contributed by atoms with Crippen LogP contribution in [-0.4, -0.2) is 41.4 Å². The quantitative estimate of drug-likeness (QED) is 0.731. The second-order valence-corrected chi connectivity index (χ2v) is 6.68. The maximum absolute atomic E-state index is 4.60. The molecule has 7 heteroatoms. The first-order valence-electron chi connectivity index (χ1n) is 8.72. The number of hydrogen-bond donors (Lipinski definition) is 0. The number of nitrogens with zero attached hydrogens (tertiary/aromatic N) is 7. The summed E-state index contributed by atoms with van der Waals surface area (Å²) in [7, 11) is 2.01. The van der Waals surface area contributed by atoms with E-state index in [1.807, 2.05) is 46.7 Å². The maximum atomic E-state index is 4.60. The molecule has 130 valence electrons. The Labute approximate surface area is 147 Å². The third-order valence-corrected chi connectivity index (χ3v) is 5.14. The van der Waals surface area contributed by atoms with Crippen LogP contribution in [0.1, 0.15) is 41.7 Å². The summed E-state index contributed by atoms with van der Waals surface area (Å²) < 4.78 is 3.81. The van der Waals surface area contributed by atoms with Crippen molar-refractivity contribution in [1.82, 2.24) is 34.9 Å². The van der Waals surface area contributed by atoms with Crippen LogP contribution in [0.2, 0.25) is 0 Å². The number of likely N-dealkylation sites (tertiary alicyclic amines) is 1. The van der Waals surface area contributed by atoms with Gasteiger partial charge in [-0.15, -0.1) is 5.10 Å². The minimum Gasteiger partial charge on any atom is -0.289 e. The van der Waals surface area contributed by atoms with E-state index in [4.69, 9.17) is 0 Å². The Morgan fingerprint density at radius 3 is 2.68 bits per heavy atom. The predicted molar refractivity (Wildman–Crippen MR) is 94.2 cm³/mol. The third kappa shape index (κ3) is 2.84. The number of aromatic nitrogens is 6. The Hall–Kier alpha value is -2.54. The molecule has 1 fully saturated rings. The van der Waals surface area contributed by atoms with E-state index in [9.17, 15) is 0 Å². The fourth-order valence-electron chi connectivity index (χ4n) is 3.87. The molecule has 0 radical (unpaired) electrons. The van der Waals surface area contributed by atoms with E-state index in [-0.39, 0.29) is 0 Å². The van der Waals surface area contributed by atoms with E-state index >= 15 is 0 Å². The molecule has 0 spiro atoms. The summed E-state index contributed by atoms with van der Waals surface area (Å²) in [5.41, 5.74) is 4.72. The Morgan fingerprint density at radius 1 is 1.16 bits per heavy atom. The second-order valence-electron chi connectivity index (χ2n) is 6.68. The summed E-state index contributed by atoms with van der Waals surface area (Å²) >= 11 is 0. The predicted octanol–water partition coefficient (Wildman–Crippen LogP) is 2.35. The molecule has 0 unspecified atom stereocenters. The van der Waals surface area contributed by atoms with Crippen molar-refractivity contribution >= 4 is 0 Å². The largest absolute Gasteiger partial charge is 0.289 e. The topological polar surface area (TPSA) is 64.7 Å². The van der Waals surface area contributed by atoms with Crippen LogP contribution in [0.5, 0.6) is 0 Å². The van der Waals surface area contributed by atoms with E-state index in [2.05, 4.69) is 39.4 Å². The number of hydrogen-bond acceptors (Lipinski definition) is 5. The minimum absolute atomic E-state index is 0.384. The molecule has 3 heterocycles. The summed E-state index contributed by atoms with van der Waals surface area (Å²) in [5, 5.41) is 16.9. The molecule has 1 aliphatic heterocycles. The third-order valence-electron chi connectivity index (χ3n) is 5.14. The molecule has 1 saturated heterocycles. The number of benzene rings is 1. The van der Waals surface area contributed by atoms with Crippen LogP contribution in [0, 0.1) is 13.8 Å². The monoisotopic (exact) mass is 337 g/mol. The van der Waals surface area contributed by atoms with Gasteiger partial charge < -0.3 is 0 Å². The lowest BCUT2D eigenvalue weighted by Crippen LogP contribution is -2.25. The fourth-order valence-corrected chi connectivity index (χ4v) is 3.87. The maximum Gasteiger partial charge on any atom is 0.170 e. The number of aryl methyl sites for hydroxylation is 2. The highest BCUT2D eigenvalue weighted by Gasteiger charge is 2.31. The van der Waals surface area contributed by atoms with Crippen LogP contribution in [0.15, 0.2) is 30.3 Å². The van der Waals surface area contributed by atoms with Gasteiger partial charge in [0.15, 0.2) is 5.82 Å². The molecule has 0 aliphatic carbocycles. The molecule has 0 saturated carbocycles. The first-order chi connectivity index (χ1) is 12.1. The summed E-state index contributed by atoms with van der Waals surface area (Å²) in [4.78, 5) is 2.47. The summed E-state index contributed by atoms with van der Waals surface area (Å²) in [6.07, 6.45) is 2.34. The van der Waals surface area contributed by atoms with E-state index < -0.39 is 0 Å². The van der Waals surface area contributed by atoms with Crippen molar-refractivity contribution in [3.63, 3.8) is 0 Å². The van der Waals surface area contributed by atoms with Crippen molar-refractivity contribution in [1.29, 1.82) is 0 Å². The average Bonchev–Trinajstić information content (AvgIpc) is 3.31. The van der Waals surface area contributed by atoms with Crippen molar-refractivity contribution < 1.29 is 0 Å². The zero-order chi connectivity index (χ0) is 17.4. The van der Waals surface area contributed by atoms with Crippen molar-refractivity contribution in [2.75, 3.05) is 6.54 Å². The van der Waals surface area contributed by atoms with Gasteiger partial charge in [-0.1, -0.05) is 18.2 Å². The van der Waals surface area contributed by atoms with Gasteiger partial charge in [-0.2, -0.15) is 9.78 Å². The highest BCUT2D eigenvalue weighted by atomic mass is 15.5. The van der Waals surface area contributed by atoms with Gasteiger partial charge in [0.1, 0.15) is 0 Å². The summed E-state index contributed by atoms with van der Waals surface area (Å²) in [6.45, 7) is 6.05. The Kier molecular flexibility index (Phi) is 4.09. The standard InChI is InChI=1S/C18H23N7/c1-13-18(14(2)23(3)20-13)16-10-7-11-24(16)12-17-19-21-22-25(17)15-8-5-4-6-9-15/h4-6,8-9,16H,7,10-12H2,1-3H3/t16-/m1/s1. The molecular formula is C18H23N7. The van der Waals surface area contributed by atoms with Gasteiger partial charge in [-0.05, 0) is 55.8 Å². The van der Waals surface area contributed by atoms with Gasteiger partial charge in [-0.25, -0.2) is 0 Å². The Bertz CT molecular complexity index is 865. The molecule has 0 bridgehead atoms. The van der Waals surface area contributed by atoms with E-state index in [0.29, 0.717) is 6.04 Å². The normalized spacial score (nSPS) is 18.1. The zero-order valence-corrected chi connectivity index (χ0v) is 14.9. The van der Waals surface area contributed by atoms with Crippen molar-refractivity contribution in [2.24, 2.45) is 7.05 Å². The molecule has 0 amide bonds. The van der Waals surface area contributed by atoms with Crippen LogP contribution >= 0.6 is 0 Å². The summed E-state index contributed by atoms with van der Waals surface area (Å²) in [5.74, 6) is 0.872. The SMILES string of the molecule is Cc1nn(C)c(C)c1[C@H]1CCCN1Cc1nnnn1-c1ccccc1. The lowest BCUT2D eigenvalue weighted by molar-refractivity contribution is 0.239. The lowest BCUT2D eigenvalue weighted by atomic mass is 10.0. The highest BCUT2D eigenvalue weighted by Crippen LogP contribution is 2.36. The first kappa shape index (κ1) is 16.0. The van der Waals surface area contributed by atoms with Gasteiger partial charge in [-0.3, -0.25) is 9.58 Å². The number of tetrazole rings is 1. The Balaban J connectivity index is 1.62. The fraction of sp³-hybridized carbons (Fsp3) is 0.444. The number of rotatable bonds is 4. The van der Waals surface area contributed by atoms with Crippen LogP contribution in [-0.2, 0) is 13.6 Å². The van der Waals surface area contributed by atoms with Gasteiger partial charge in [0, 0.05) is 24.3 Å². The van der Waals surface area contributed by atoms with Crippen molar-refractivity contribution in [3.05, 3.63) is 53.1 Å². The molecule has 4 rings (SSSR count). The van der Waals surface area contributed by atoms with Gasteiger partial charge in [0.05, 0.1) is 17.9 Å². The van der Waals surface area contributed by atoms with Crippen LogP contribution in [0.3, 0.4) is 0 Å². The summed E-state index contributed by atoms with van der Waals surface area (Å²) in [6, 6.07) is 10.4. The molecule has 1 aliphatic rings. The van der Waals surface area contributed by atoms with Gasteiger partial charge in [0.25, 0.3) is 0 Å². The molecule has 0 N–H and O–H groups in total. The molecule has 3 aromatic rings. The van der Waals surface area contributed by atoms with Crippen LogP contribution in [0.4, 0.5) is 0 Å². The molecular weight excluding hydrogens is 314 g/mol. The first-order valence-corrected chi connectivity index (χ1v) is 8.72. The zero-order valence-electron chi connectivity index (χ0n) is 14.9. The van der Waals surface area contributed by atoms with E-state index in [0.717, 1.165) is 36.7 Å².